The Morgan fingerprint density at radius 2 is 2.03 bits per heavy atom. The smallest absolute Gasteiger partial charge is 0.408 e. The number of carbonyl (C=O) groups is 2. The quantitative estimate of drug-likeness (QED) is 0.832. The first-order valence-corrected chi connectivity index (χ1v) is 10.4. The van der Waals surface area contributed by atoms with E-state index < -0.39 is 17.7 Å². The highest BCUT2D eigenvalue weighted by Gasteiger charge is 2.41. The van der Waals surface area contributed by atoms with E-state index in [1.165, 1.54) is 10.9 Å². The fourth-order valence-corrected chi connectivity index (χ4v) is 4.39. The number of aromatic amines is 1. The molecule has 3 heterocycles. The average molecular weight is 399 g/mol. The van der Waals surface area contributed by atoms with Gasteiger partial charge in [0.25, 0.3) is 5.91 Å². The molecule has 0 unspecified atom stereocenters. The first kappa shape index (κ1) is 19.8. The maximum absolute atomic E-state index is 13.3. The highest BCUT2D eigenvalue weighted by molar-refractivity contribution is 5.86. The SMILES string of the molecule is CC(C)(C)OC(=O)N[C@H]1CCCN2CC[C@@H](Cc3c[nH]c4ccccc34)N2C1=O. The maximum atomic E-state index is 13.3. The molecule has 2 atom stereocenters. The number of H-pyrrole nitrogens is 1. The summed E-state index contributed by atoms with van der Waals surface area (Å²) in [6.07, 6.45) is 4.74. The molecule has 0 aliphatic carbocycles. The fourth-order valence-electron chi connectivity index (χ4n) is 4.39. The van der Waals surface area contributed by atoms with E-state index in [4.69, 9.17) is 4.74 Å². The Kier molecular flexibility index (Phi) is 5.25. The van der Waals surface area contributed by atoms with Crippen LogP contribution in [0, 0.1) is 0 Å². The van der Waals surface area contributed by atoms with E-state index in [0.29, 0.717) is 6.42 Å². The van der Waals surface area contributed by atoms with Crippen LogP contribution in [0.5, 0.6) is 0 Å². The van der Waals surface area contributed by atoms with E-state index in [1.807, 2.05) is 44.1 Å². The van der Waals surface area contributed by atoms with Gasteiger partial charge in [-0.25, -0.2) is 9.80 Å². The Morgan fingerprint density at radius 1 is 1.24 bits per heavy atom. The van der Waals surface area contributed by atoms with Crippen molar-refractivity contribution in [1.29, 1.82) is 0 Å². The van der Waals surface area contributed by atoms with Crippen LogP contribution in [0.25, 0.3) is 10.9 Å². The Hall–Kier alpha value is -2.54. The van der Waals surface area contributed by atoms with E-state index >= 15 is 0 Å². The van der Waals surface area contributed by atoms with Crippen molar-refractivity contribution in [3.63, 3.8) is 0 Å². The Labute approximate surface area is 171 Å². The van der Waals surface area contributed by atoms with E-state index in [9.17, 15) is 9.59 Å². The molecule has 1 aromatic heterocycles. The van der Waals surface area contributed by atoms with Crippen molar-refractivity contribution in [2.45, 2.75) is 64.1 Å². The molecular formula is C22H30N4O3. The zero-order valence-electron chi connectivity index (χ0n) is 17.4. The molecule has 2 fully saturated rings. The van der Waals surface area contributed by atoms with Gasteiger partial charge in [0.05, 0.1) is 6.04 Å². The van der Waals surface area contributed by atoms with Gasteiger partial charge in [0.2, 0.25) is 0 Å². The topological polar surface area (TPSA) is 77.7 Å². The number of hydrogen-bond donors (Lipinski definition) is 2. The number of benzene rings is 1. The van der Waals surface area contributed by atoms with Gasteiger partial charge in [0.1, 0.15) is 11.6 Å². The summed E-state index contributed by atoms with van der Waals surface area (Å²) < 4.78 is 5.36. The Morgan fingerprint density at radius 3 is 2.83 bits per heavy atom. The van der Waals surface area contributed by atoms with Gasteiger partial charge in [0, 0.05) is 30.2 Å². The number of fused-ring (bicyclic) bond motifs is 2. The van der Waals surface area contributed by atoms with Gasteiger partial charge < -0.3 is 15.0 Å². The molecule has 29 heavy (non-hydrogen) atoms. The summed E-state index contributed by atoms with van der Waals surface area (Å²) in [7, 11) is 0. The minimum absolute atomic E-state index is 0.0318. The van der Waals surface area contributed by atoms with Crippen molar-refractivity contribution in [2.75, 3.05) is 13.1 Å². The van der Waals surface area contributed by atoms with E-state index in [1.54, 1.807) is 0 Å². The standard InChI is InChI=1S/C22H30N4O3/c1-22(2,3)29-21(28)24-19-9-6-11-25-12-10-16(26(25)20(19)27)13-15-14-23-18-8-5-4-7-17(15)18/h4-5,7-8,14,16,19,23H,6,9-13H2,1-3H3,(H,24,28)/t16-,19-/m0/s1. The maximum Gasteiger partial charge on any atom is 0.408 e. The van der Waals surface area contributed by atoms with Crippen LogP contribution in [0.1, 0.15) is 45.6 Å². The number of carbonyl (C=O) groups excluding carboxylic acids is 2. The Balaban J connectivity index is 1.50. The number of hydrazine groups is 1. The summed E-state index contributed by atoms with van der Waals surface area (Å²) in [5, 5.41) is 8.06. The van der Waals surface area contributed by atoms with Crippen LogP contribution in [-0.4, -0.2) is 57.8 Å². The van der Waals surface area contributed by atoms with Gasteiger partial charge in [-0.1, -0.05) is 18.2 Å². The van der Waals surface area contributed by atoms with Gasteiger partial charge in [-0.15, -0.1) is 0 Å². The monoisotopic (exact) mass is 398 g/mol. The third kappa shape index (κ3) is 4.24. The number of para-hydroxylation sites is 1. The van der Waals surface area contributed by atoms with Crippen LogP contribution >= 0.6 is 0 Å². The van der Waals surface area contributed by atoms with Crippen molar-refractivity contribution in [3.05, 3.63) is 36.0 Å². The molecule has 0 spiro atoms. The predicted molar refractivity (Wildman–Crippen MR) is 111 cm³/mol. The summed E-state index contributed by atoms with van der Waals surface area (Å²) >= 11 is 0. The zero-order valence-corrected chi connectivity index (χ0v) is 17.4. The van der Waals surface area contributed by atoms with Gasteiger partial charge >= 0.3 is 6.09 Å². The molecule has 1 aromatic carbocycles. The van der Waals surface area contributed by atoms with Crippen molar-refractivity contribution in [1.82, 2.24) is 20.3 Å². The number of nitrogens with one attached hydrogen (secondary N) is 2. The molecule has 2 N–H and O–H groups in total. The molecule has 2 aliphatic rings. The average Bonchev–Trinajstić information content (AvgIpc) is 3.20. The highest BCUT2D eigenvalue weighted by Crippen LogP contribution is 2.29. The summed E-state index contributed by atoms with van der Waals surface area (Å²) in [5.41, 5.74) is 1.75. The van der Waals surface area contributed by atoms with E-state index in [-0.39, 0.29) is 11.9 Å². The van der Waals surface area contributed by atoms with Gasteiger partial charge in [-0.05, 0) is 58.1 Å². The lowest BCUT2D eigenvalue weighted by Gasteiger charge is -2.32. The Bertz CT molecular complexity index is 901. The van der Waals surface area contributed by atoms with E-state index in [2.05, 4.69) is 27.4 Å². The van der Waals surface area contributed by atoms with Crippen LogP contribution in [0.3, 0.4) is 0 Å². The summed E-state index contributed by atoms with van der Waals surface area (Å²) in [4.78, 5) is 28.9. The second-order valence-corrected chi connectivity index (χ2v) is 8.98. The fraction of sp³-hybridized carbons (Fsp3) is 0.545. The predicted octanol–water partition coefficient (Wildman–Crippen LogP) is 3.22. The van der Waals surface area contributed by atoms with E-state index in [0.717, 1.165) is 37.9 Å². The molecule has 2 amide bonds. The summed E-state index contributed by atoms with van der Waals surface area (Å²) in [6.45, 7) is 7.17. The summed E-state index contributed by atoms with van der Waals surface area (Å²) in [5.74, 6) is -0.0318. The second kappa shape index (κ2) is 7.71. The van der Waals surface area contributed by atoms with Crippen molar-refractivity contribution < 1.29 is 14.3 Å². The molecule has 0 radical (unpaired) electrons. The van der Waals surface area contributed by atoms with Gasteiger partial charge in [0.15, 0.2) is 0 Å². The van der Waals surface area contributed by atoms with Crippen molar-refractivity contribution >= 4 is 22.9 Å². The molecule has 7 heteroatoms. The lowest BCUT2D eigenvalue weighted by molar-refractivity contribution is -0.147. The largest absolute Gasteiger partial charge is 0.444 e. The second-order valence-electron chi connectivity index (χ2n) is 8.98. The molecular weight excluding hydrogens is 368 g/mol. The number of ether oxygens (including phenoxy) is 1. The van der Waals surface area contributed by atoms with Crippen LogP contribution in [0.2, 0.25) is 0 Å². The lowest BCUT2D eigenvalue weighted by Crippen LogP contribution is -2.53. The summed E-state index contributed by atoms with van der Waals surface area (Å²) in [6, 6.07) is 7.80. The van der Waals surface area contributed by atoms with Crippen LogP contribution in [0.4, 0.5) is 4.79 Å². The third-order valence-corrected chi connectivity index (χ3v) is 5.63. The molecule has 156 valence electrons. The minimum atomic E-state index is -0.588. The van der Waals surface area contributed by atoms with Gasteiger partial charge in [-0.3, -0.25) is 9.80 Å². The molecule has 7 nitrogen and oxygen atoms in total. The first-order chi connectivity index (χ1) is 13.8. The number of aromatic nitrogens is 1. The van der Waals surface area contributed by atoms with Crippen LogP contribution in [-0.2, 0) is 16.0 Å². The number of nitrogens with zero attached hydrogens (tertiary/aromatic N) is 2. The number of amides is 2. The zero-order chi connectivity index (χ0) is 20.6. The van der Waals surface area contributed by atoms with Crippen LogP contribution < -0.4 is 5.32 Å². The third-order valence-electron chi connectivity index (χ3n) is 5.63. The van der Waals surface area contributed by atoms with Gasteiger partial charge in [-0.2, -0.15) is 0 Å². The molecule has 0 bridgehead atoms. The lowest BCUT2D eigenvalue weighted by atomic mass is 10.0. The molecule has 0 saturated carbocycles. The van der Waals surface area contributed by atoms with Crippen molar-refractivity contribution in [2.24, 2.45) is 0 Å². The molecule has 2 aromatic rings. The van der Waals surface area contributed by atoms with Crippen LogP contribution in [0.15, 0.2) is 30.5 Å². The minimum Gasteiger partial charge on any atom is -0.444 e. The first-order valence-electron chi connectivity index (χ1n) is 10.4. The number of alkyl carbamates (subject to hydrolysis) is 1. The van der Waals surface area contributed by atoms with Crippen molar-refractivity contribution in [3.8, 4) is 0 Å². The molecule has 2 saturated heterocycles. The number of rotatable bonds is 3. The molecule has 2 aliphatic heterocycles. The number of hydrogen-bond acceptors (Lipinski definition) is 4. The molecule has 4 rings (SSSR count). The normalized spacial score (nSPS) is 23.1. The highest BCUT2D eigenvalue weighted by atomic mass is 16.6.